The number of hydrogen-bond acceptors (Lipinski definition) is 3. The fourth-order valence-electron chi connectivity index (χ4n) is 2.38. The monoisotopic (exact) mass is 313 g/mol. The van der Waals surface area contributed by atoms with Gasteiger partial charge in [0.2, 0.25) is 9.84 Å². The lowest BCUT2D eigenvalue weighted by Gasteiger charge is -2.04. The van der Waals surface area contributed by atoms with Crippen molar-refractivity contribution in [2.75, 3.05) is 0 Å². The molecule has 0 radical (unpaired) electrons. The first-order chi connectivity index (χ1) is 10.4. The van der Waals surface area contributed by atoms with E-state index in [0.717, 1.165) is 16.5 Å². The van der Waals surface area contributed by atoms with Gasteiger partial charge in [0.1, 0.15) is 0 Å². The summed E-state index contributed by atoms with van der Waals surface area (Å²) in [5, 5.41) is 3.75. The maximum absolute atomic E-state index is 12.5. The van der Waals surface area contributed by atoms with Gasteiger partial charge in [-0.25, -0.2) is 8.42 Å². The van der Waals surface area contributed by atoms with E-state index in [2.05, 4.69) is 5.32 Å². The first-order valence-corrected chi connectivity index (χ1v) is 8.37. The fraction of sp³-hybridized carbons (Fsp3) is 0.118. The van der Waals surface area contributed by atoms with Crippen molar-refractivity contribution in [2.45, 2.75) is 18.7 Å². The highest BCUT2D eigenvalue weighted by atomic mass is 32.2. The van der Waals surface area contributed by atoms with Crippen LogP contribution in [0.4, 0.5) is 0 Å². The molecule has 4 nitrogen and oxygen atoms in total. The third-order valence-electron chi connectivity index (χ3n) is 3.58. The van der Waals surface area contributed by atoms with Gasteiger partial charge in [0.25, 0.3) is 5.91 Å². The number of carbonyl (C=O) groups is 1. The zero-order valence-corrected chi connectivity index (χ0v) is 13.1. The topological polar surface area (TPSA) is 63.2 Å². The van der Waals surface area contributed by atoms with Gasteiger partial charge in [-0.1, -0.05) is 29.3 Å². The van der Waals surface area contributed by atoms with Crippen LogP contribution in [0.2, 0.25) is 0 Å². The number of fused-ring (bicyclic) bond motifs is 1. The van der Waals surface area contributed by atoms with Crippen LogP contribution < -0.4 is 5.32 Å². The quantitative estimate of drug-likeness (QED) is 0.927. The van der Waals surface area contributed by atoms with Crippen molar-refractivity contribution in [3.63, 3.8) is 0 Å². The van der Waals surface area contributed by atoms with Gasteiger partial charge in [-0.2, -0.15) is 0 Å². The van der Waals surface area contributed by atoms with Crippen molar-refractivity contribution in [3.8, 4) is 0 Å². The van der Waals surface area contributed by atoms with E-state index >= 15 is 0 Å². The van der Waals surface area contributed by atoms with Crippen LogP contribution in [-0.2, 0) is 9.84 Å². The zero-order chi connectivity index (χ0) is 15.9. The summed E-state index contributed by atoms with van der Waals surface area (Å²) in [6, 6.07) is 12.0. The van der Waals surface area contributed by atoms with Crippen LogP contribution in [0.25, 0.3) is 5.70 Å². The van der Waals surface area contributed by atoms with Gasteiger partial charge in [0, 0.05) is 11.1 Å². The summed E-state index contributed by atoms with van der Waals surface area (Å²) >= 11 is 0. The summed E-state index contributed by atoms with van der Waals surface area (Å²) in [6.07, 6.45) is 0. The van der Waals surface area contributed by atoms with Crippen LogP contribution >= 0.6 is 0 Å². The van der Waals surface area contributed by atoms with Gasteiger partial charge >= 0.3 is 0 Å². The van der Waals surface area contributed by atoms with E-state index in [9.17, 15) is 13.2 Å². The molecule has 0 aliphatic carbocycles. The highest BCUT2D eigenvalue weighted by Crippen LogP contribution is 2.27. The number of sulfone groups is 1. The van der Waals surface area contributed by atoms with Gasteiger partial charge in [-0.05, 0) is 38.1 Å². The molecule has 1 heterocycles. The standard InChI is InChI=1S/C17H15NO3S/c1-11-3-6-13(7-4-11)22(20,21)10-16-15-9-12(2)5-8-14(15)17(19)18-16/h3-10H,1-2H3,(H,18,19)/b16-10+. The number of aryl methyl sites for hydroxylation is 2. The third-order valence-corrected chi connectivity index (χ3v) is 5.06. The second kappa shape index (κ2) is 5.10. The SMILES string of the molecule is Cc1ccc(S(=O)(=O)/C=C2/NC(=O)c3ccc(C)cc32)cc1. The molecule has 0 fully saturated rings. The number of hydrogen-bond donors (Lipinski definition) is 1. The normalized spacial score (nSPS) is 15.7. The summed E-state index contributed by atoms with van der Waals surface area (Å²) in [4.78, 5) is 12.1. The largest absolute Gasteiger partial charge is 0.321 e. The van der Waals surface area contributed by atoms with Crippen LogP contribution in [0.1, 0.15) is 27.0 Å². The van der Waals surface area contributed by atoms with Crippen LogP contribution in [0, 0.1) is 13.8 Å². The van der Waals surface area contributed by atoms with E-state index in [4.69, 9.17) is 0 Å². The molecule has 3 rings (SSSR count). The van der Waals surface area contributed by atoms with Gasteiger partial charge in [-0.3, -0.25) is 4.79 Å². The van der Waals surface area contributed by atoms with Crippen molar-refractivity contribution in [2.24, 2.45) is 0 Å². The van der Waals surface area contributed by atoms with Gasteiger partial charge in [0.05, 0.1) is 16.0 Å². The predicted octanol–water partition coefficient (Wildman–Crippen LogP) is 2.82. The summed E-state index contributed by atoms with van der Waals surface area (Å²) in [5.41, 5.74) is 3.40. The van der Waals surface area contributed by atoms with Crippen molar-refractivity contribution in [1.82, 2.24) is 5.32 Å². The lowest BCUT2D eigenvalue weighted by Crippen LogP contribution is -2.13. The molecule has 0 saturated carbocycles. The molecule has 2 aromatic carbocycles. The predicted molar refractivity (Wildman–Crippen MR) is 85.0 cm³/mol. The second-order valence-electron chi connectivity index (χ2n) is 5.39. The van der Waals surface area contributed by atoms with Gasteiger partial charge in [0.15, 0.2) is 0 Å². The average molecular weight is 313 g/mol. The maximum atomic E-state index is 12.5. The summed E-state index contributed by atoms with van der Waals surface area (Å²) in [7, 11) is -3.62. The molecule has 112 valence electrons. The van der Waals surface area contributed by atoms with Crippen molar-refractivity contribution in [3.05, 3.63) is 70.1 Å². The second-order valence-corrected chi connectivity index (χ2v) is 7.19. The molecule has 0 atom stereocenters. The Morgan fingerprint density at radius 1 is 0.909 bits per heavy atom. The molecule has 1 aliphatic heterocycles. The fourth-order valence-corrected chi connectivity index (χ4v) is 3.53. The maximum Gasteiger partial charge on any atom is 0.256 e. The van der Waals surface area contributed by atoms with Crippen LogP contribution in [0.3, 0.4) is 0 Å². The molecule has 0 spiro atoms. The van der Waals surface area contributed by atoms with Crippen molar-refractivity contribution < 1.29 is 13.2 Å². The molecule has 1 aliphatic rings. The highest BCUT2D eigenvalue weighted by Gasteiger charge is 2.25. The average Bonchev–Trinajstić information content (AvgIpc) is 2.74. The minimum Gasteiger partial charge on any atom is -0.321 e. The van der Waals surface area contributed by atoms with Crippen molar-refractivity contribution >= 4 is 21.4 Å². The lowest BCUT2D eigenvalue weighted by molar-refractivity contribution is 0.0981. The molecule has 0 bridgehead atoms. The molecule has 0 saturated heterocycles. The van der Waals surface area contributed by atoms with E-state index in [1.165, 1.54) is 0 Å². The molecule has 0 aromatic heterocycles. The minimum absolute atomic E-state index is 0.209. The van der Waals surface area contributed by atoms with E-state index in [1.54, 1.807) is 30.3 Å². The Morgan fingerprint density at radius 2 is 1.55 bits per heavy atom. The first-order valence-electron chi connectivity index (χ1n) is 6.83. The van der Waals surface area contributed by atoms with Gasteiger partial charge < -0.3 is 5.32 Å². The number of amides is 1. The smallest absolute Gasteiger partial charge is 0.256 e. The molecular formula is C17H15NO3S. The summed E-state index contributed by atoms with van der Waals surface area (Å²) in [6.45, 7) is 3.79. The molecule has 5 heteroatoms. The summed E-state index contributed by atoms with van der Waals surface area (Å²) < 4.78 is 24.9. The van der Waals surface area contributed by atoms with E-state index in [-0.39, 0.29) is 10.8 Å². The van der Waals surface area contributed by atoms with Crippen LogP contribution in [0.15, 0.2) is 52.8 Å². The van der Waals surface area contributed by atoms with Crippen LogP contribution in [-0.4, -0.2) is 14.3 Å². The Balaban J connectivity index is 2.09. The number of nitrogens with one attached hydrogen (secondary N) is 1. The Bertz CT molecular complexity index is 894. The van der Waals surface area contributed by atoms with Crippen LogP contribution in [0.5, 0.6) is 0 Å². The minimum atomic E-state index is -3.62. The number of benzene rings is 2. The molecule has 2 aromatic rings. The first kappa shape index (κ1) is 14.5. The van der Waals surface area contributed by atoms with E-state index in [1.807, 2.05) is 26.0 Å². The number of rotatable bonds is 2. The molecule has 1 amide bonds. The highest BCUT2D eigenvalue weighted by molar-refractivity contribution is 7.94. The lowest BCUT2D eigenvalue weighted by atomic mass is 10.1. The molecular weight excluding hydrogens is 298 g/mol. The Hall–Kier alpha value is -2.40. The van der Waals surface area contributed by atoms with E-state index < -0.39 is 9.84 Å². The Labute approximate surface area is 129 Å². The van der Waals surface area contributed by atoms with E-state index in [0.29, 0.717) is 16.8 Å². The molecule has 0 unspecified atom stereocenters. The zero-order valence-electron chi connectivity index (χ0n) is 12.3. The molecule has 22 heavy (non-hydrogen) atoms. The summed E-state index contributed by atoms with van der Waals surface area (Å²) in [5.74, 6) is -0.277. The molecule has 1 N–H and O–H groups in total. The number of carbonyl (C=O) groups excluding carboxylic acids is 1. The van der Waals surface area contributed by atoms with Crippen molar-refractivity contribution in [1.29, 1.82) is 0 Å². The Morgan fingerprint density at radius 3 is 2.23 bits per heavy atom. The van der Waals surface area contributed by atoms with Gasteiger partial charge in [-0.15, -0.1) is 0 Å². The third kappa shape index (κ3) is 2.55. The Kier molecular flexibility index (Phi) is 3.37.